The quantitative estimate of drug-likeness (QED) is 0.157. The molecule has 0 N–H and O–H groups in total. The molecule has 6 rings (SSSR count). The second-order valence-corrected chi connectivity index (χ2v) is 13.1. The number of nitrogens with zero attached hydrogens (tertiary/aromatic N) is 4. The smallest absolute Gasteiger partial charge is 0.416 e. The van der Waals surface area contributed by atoms with Gasteiger partial charge in [0, 0.05) is 79.6 Å². The van der Waals surface area contributed by atoms with E-state index in [0.717, 1.165) is 71.1 Å². The lowest BCUT2D eigenvalue weighted by Crippen LogP contribution is -2.47. The molecule has 4 aromatic carbocycles. The van der Waals surface area contributed by atoms with E-state index in [4.69, 9.17) is 9.47 Å². The summed E-state index contributed by atoms with van der Waals surface area (Å²) in [4.78, 5) is 23.1. The lowest BCUT2D eigenvalue weighted by molar-refractivity contribution is -0.146. The van der Waals surface area contributed by atoms with Crippen molar-refractivity contribution in [2.75, 3.05) is 82.9 Å². The number of anilines is 3. The van der Waals surface area contributed by atoms with E-state index in [-0.39, 0.29) is 6.61 Å². The number of benzene rings is 4. The lowest BCUT2D eigenvalue weighted by atomic mass is 10.1. The van der Waals surface area contributed by atoms with Gasteiger partial charge in [-0.15, -0.1) is 0 Å². The van der Waals surface area contributed by atoms with Crippen LogP contribution in [0.25, 0.3) is 10.8 Å². The molecule has 2 aliphatic rings. The van der Waals surface area contributed by atoms with E-state index < -0.39 is 17.7 Å². The molecule has 0 amide bonds. The number of rotatable bonds is 11. The number of carbonyl (C=O) groups excluding carboxylic acids is 1. The van der Waals surface area contributed by atoms with E-state index in [1.807, 2.05) is 84.6 Å². The Morgan fingerprint density at radius 3 is 2.23 bits per heavy atom. The van der Waals surface area contributed by atoms with Crippen LogP contribution in [0.5, 0.6) is 5.75 Å². The van der Waals surface area contributed by atoms with Crippen LogP contribution < -0.4 is 14.5 Å². The number of fused-ring (bicyclic) bond motifs is 3. The third-order valence-electron chi connectivity index (χ3n) is 8.63. The SMILES string of the molecule is CN(C)c1ccc(OCC(=O)OCCN2CCN(CCCN3c4ccccc4Sc4ccc(C(F)(F)F)cc43)CC2)c2ccccc12. The molecule has 11 heteroatoms. The van der Waals surface area contributed by atoms with Crippen LogP contribution in [-0.4, -0.2) is 88.9 Å². The van der Waals surface area contributed by atoms with E-state index in [9.17, 15) is 18.0 Å². The average Bonchev–Trinajstić information content (AvgIpc) is 3.06. The minimum Gasteiger partial charge on any atom is -0.481 e. The minimum absolute atomic E-state index is 0.152. The Bertz CT molecular complexity index is 1710. The van der Waals surface area contributed by atoms with Crippen LogP contribution in [0.4, 0.5) is 30.2 Å². The summed E-state index contributed by atoms with van der Waals surface area (Å²) in [6, 6.07) is 23.8. The van der Waals surface area contributed by atoms with Crippen molar-refractivity contribution < 1.29 is 27.4 Å². The molecule has 0 saturated carbocycles. The van der Waals surface area contributed by atoms with E-state index >= 15 is 0 Å². The van der Waals surface area contributed by atoms with Crippen LogP contribution in [-0.2, 0) is 15.7 Å². The first-order valence-corrected chi connectivity index (χ1v) is 16.7. The van der Waals surface area contributed by atoms with Gasteiger partial charge < -0.3 is 24.2 Å². The number of halogens is 3. The van der Waals surface area contributed by atoms with Crippen molar-refractivity contribution in [2.24, 2.45) is 0 Å². The molecule has 1 saturated heterocycles. The van der Waals surface area contributed by atoms with Crippen LogP contribution in [0.1, 0.15) is 12.0 Å². The maximum Gasteiger partial charge on any atom is 0.416 e. The number of carbonyl (C=O) groups is 1. The molecule has 0 aliphatic carbocycles. The van der Waals surface area contributed by atoms with Gasteiger partial charge in [0.25, 0.3) is 0 Å². The summed E-state index contributed by atoms with van der Waals surface area (Å²) in [7, 11) is 3.99. The predicted octanol–water partition coefficient (Wildman–Crippen LogP) is 7.16. The highest BCUT2D eigenvalue weighted by molar-refractivity contribution is 7.99. The molecule has 2 heterocycles. The zero-order chi connectivity index (χ0) is 33.0. The van der Waals surface area contributed by atoms with Gasteiger partial charge in [0.1, 0.15) is 12.4 Å². The van der Waals surface area contributed by atoms with Crippen molar-refractivity contribution in [1.29, 1.82) is 0 Å². The molecule has 0 atom stereocenters. The predicted molar refractivity (Wildman–Crippen MR) is 181 cm³/mol. The summed E-state index contributed by atoms with van der Waals surface area (Å²) in [5.41, 5.74) is 2.02. The van der Waals surface area contributed by atoms with Gasteiger partial charge in [-0.2, -0.15) is 13.2 Å². The molecule has 2 aliphatic heterocycles. The van der Waals surface area contributed by atoms with Gasteiger partial charge in [-0.05, 0) is 55.4 Å². The fraction of sp³-hybridized carbons (Fsp3) is 0.361. The fourth-order valence-corrected chi connectivity index (χ4v) is 7.25. The van der Waals surface area contributed by atoms with E-state index in [2.05, 4.69) is 9.80 Å². The number of hydrogen-bond acceptors (Lipinski definition) is 8. The number of ether oxygens (including phenoxy) is 2. The molecular formula is C36H39F3N4O3S. The van der Waals surface area contributed by atoms with Gasteiger partial charge in [0.15, 0.2) is 6.61 Å². The average molecular weight is 665 g/mol. The van der Waals surface area contributed by atoms with E-state index in [0.29, 0.717) is 31.1 Å². The Kier molecular flexibility index (Phi) is 10.1. The Morgan fingerprint density at radius 1 is 0.809 bits per heavy atom. The first-order chi connectivity index (χ1) is 22.7. The molecule has 0 aromatic heterocycles. The number of para-hydroxylation sites is 1. The highest BCUT2D eigenvalue weighted by Crippen LogP contribution is 2.49. The van der Waals surface area contributed by atoms with Crippen molar-refractivity contribution in [3.63, 3.8) is 0 Å². The highest BCUT2D eigenvalue weighted by atomic mass is 32.2. The third-order valence-corrected chi connectivity index (χ3v) is 9.76. The molecule has 248 valence electrons. The van der Waals surface area contributed by atoms with Crippen LogP contribution >= 0.6 is 11.8 Å². The van der Waals surface area contributed by atoms with Gasteiger partial charge in [-0.1, -0.05) is 48.2 Å². The standard InChI is InChI=1S/C36H39F3N4O3S/c1-40(2)29-13-14-32(28-9-4-3-8-27(28)29)46-25-35(44)45-23-22-42-20-18-41(19-21-42)16-7-17-43-30-10-5-6-11-33(30)47-34-15-12-26(24-31(34)43)36(37,38)39/h3-6,8-15,24H,7,16-23,25H2,1-2H3. The summed E-state index contributed by atoms with van der Waals surface area (Å²) in [6.07, 6.45) is -3.57. The molecule has 4 aromatic rings. The Labute approximate surface area is 277 Å². The van der Waals surface area contributed by atoms with Crippen LogP contribution in [0, 0.1) is 0 Å². The summed E-state index contributed by atoms with van der Waals surface area (Å²) < 4.78 is 51.9. The zero-order valence-electron chi connectivity index (χ0n) is 26.6. The lowest BCUT2D eigenvalue weighted by Gasteiger charge is -2.36. The van der Waals surface area contributed by atoms with Crippen LogP contribution in [0.2, 0.25) is 0 Å². The van der Waals surface area contributed by atoms with Crippen molar-refractivity contribution in [1.82, 2.24) is 9.80 Å². The van der Waals surface area contributed by atoms with Gasteiger partial charge in [0.2, 0.25) is 0 Å². The monoisotopic (exact) mass is 664 g/mol. The summed E-state index contributed by atoms with van der Waals surface area (Å²) in [6.45, 7) is 5.77. The fourth-order valence-electron chi connectivity index (χ4n) is 6.17. The van der Waals surface area contributed by atoms with E-state index in [1.165, 1.54) is 23.9 Å². The Hall–Kier alpha value is -3.93. The number of piperazine rings is 1. The molecular weight excluding hydrogens is 625 g/mol. The van der Waals surface area contributed by atoms with Gasteiger partial charge in [0.05, 0.1) is 16.9 Å². The third kappa shape index (κ3) is 7.80. The summed E-state index contributed by atoms with van der Waals surface area (Å²) in [5.74, 6) is 0.254. The van der Waals surface area contributed by atoms with Crippen molar-refractivity contribution in [2.45, 2.75) is 22.4 Å². The largest absolute Gasteiger partial charge is 0.481 e. The van der Waals surface area contributed by atoms with Crippen molar-refractivity contribution >= 4 is 45.6 Å². The first kappa shape index (κ1) is 33.0. The molecule has 0 spiro atoms. The van der Waals surface area contributed by atoms with Crippen molar-refractivity contribution in [3.05, 3.63) is 84.4 Å². The maximum absolute atomic E-state index is 13.5. The number of hydrogen-bond donors (Lipinski definition) is 0. The minimum atomic E-state index is -4.39. The van der Waals surface area contributed by atoms with Crippen LogP contribution in [0.3, 0.4) is 0 Å². The maximum atomic E-state index is 13.5. The second-order valence-electron chi connectivity index (χ2n) is 12.0. The summed E-state index contributed by atoms with van der Waals surface area (Å²) >= 11 is 1.51. The first-order valence-electron chi connectivity index (χ1n) is 15.9. The van der Waals surface area contributed by atoms with E-state index in [1.54, 1.807) is 6.07 Å². The molecule has 0 radical (unpaired) electrons. The zero-order valence-corrected chi connectivity index (χ0v) is 27.4. The molecule has 0 bridgehead atoms. The van der Waals surface area contributed by atoms with Crippen LogP contribution in [0.15, 0.2) is 88.7 Å². The van der Waals surface area contributed by atoms with Gasteiger partial charge in [-0.25, -0.2) is 4.79 Å². The molecule has 1 fully saturated rings. The van der Waals surface area contributed by atoms with Gasteiger partial charge in [-0.3, -0.25) is 4.90 Å². The number of alkyl halides is 3. The Morgan fingerprint density at radius 2 is 1.49 bits per heavy atom. The normalized spacial score (nSPS) is 15.3. The summed E-state index contributed by atoms with van der Waals surface area (Å²) in [5, 5.41) is 2.01. The molecule has 0 unspecified atom stereocenters. The van der Waals surface area contributed by atoms with Crippen molar-refractivity contribution in [3.8, 4) is 5.75 Å². The molecule has 47 heavy (non-hydrogen) atoms. The highest BCUT2D eigenvalue weighted by Gasteiger charge is 2.33. The second kappa shape index (κ2) is 14.5. The Balaban J connectivity index is 0.937. The molecule has 7 nitrogen and oxygen atoms in total. The topological polar surface area (TPSA) is 48.5 Å². The number of esters is 1. The van der Waals surface area contributed by atoms with Gasteiger partial charge >= 0.3 is 12.1 Å².